The Balaban J connectivity index is 1.74. The minimum atomic E-state index is -0.278. The van der Waals surface area contributed by atoms with E-state index in [2.05, 4.69) is 47.2 Å². The number of carbonyl (C=O) groups is 2. The van der Waals surface area contributed by atoms with Gasteiger partial charge in [0.2, 0.25) is 5.91 Å². The predicted molar refractivity (Wildman–Crippen MR) is 119 cm³/mol. The zero-order valence-corrected chi connectivity index (χ0v) is 18.3. The van der Waals surface area contributed by atoms with Gasteiger partial charge in [-0.2, -0.15) is 5.10 Å². The molecule has 5 rings (SSSR count). The van der Waals surface area contributed by atoms with Gasteiger partial charge in [-0.15, -0.1) is 0 Å². The minimum Gasteiger partial charge on any atom is -0.356 e. The summed E-state index contributed by atoms with van der Waals surface area (Å²) in [7, 11) is 1.88. The van der Waals surface area contributed by atoms with Gasteiger partial charge in [-0.25, -0.2) is 0 Å². The maximum absolute atomic E-state index is 13.4. The maximum Gasteiger partial charge on any atom is 0.259 e. The van der Waals surface area contributed by atoms with E-state index < -0.39 is 0 Å². The Kier molecular flexibility index (Phi) is 4.50. The highest BCUT2D eigenvalue weighted by atomic mass is 16.2. The molecule has 1 atom stereocenters. The molecule has 0 spiro atoms. The molecule has 2 aromatic heterocycles. The van der Waals surface area contributed by atoms with E-state index in [0.29, 0.717) is 11.5 Å². The highest BCUT2D eigenvalue weighted by Gasteiger charge is 2.42. The van der Waals surface area contributed by atoms with Gasteiger partial charge in [0.1, 0.15) is 0 Å². The highest BCUT2D eigenvalue weighted by molar-refractivity contribution is 6.11. The third kappa shape index (κ3) is 3.07. The summed E-state index contributed by atoms with van der Waals surface area (Å²) < 4.78 is 4.06. The first-order chi connectivity index (χ1) is 14.8. The van der Waals surface area contributed by atoms with Gasteiger partial charge in [-0.1, -0.05) is 19.9 Å². The van der Waals surface area contributed by atoms with E-state index in [1.165, 1.54) is 11.8 Å². The smallest absolute Gasteiger partial charge is 0.259 e. The molecule has 2 amide bonds. The molecule has 1 N–H and O–H groups in total. The van der Waals surface area contributed by atoms with E-state index in [1.807, 2.05) is 25.5 Å². The SMILES string of the molecule is CC(=O)N1CC2=C(C1=O)C(c1cnn(C)c1)c1cn(CCC(C)C)c3cccc(c13)N2. The fourth-order valence-corrected chi connectivity index (χ4v) is 4.79. The lowest BCUT2D eigenvalue weighted by molar-refractivity contribution is -0.139. The van der Waals surface area contributed by atoms with Gasteiger partial charge in [-0.05, 0) is 30.0 Å². The summed E-state index contributed by atoms with van der Waals surface area (Å²) in [6.45, 7) is 7.08. The first-order valence-electron chi connectivity index (χ1n) is 10.8. The average molecular weight is 418 g/mol. The largest absolute Gasteiger partial charge is 0.356 e. The topological polar surface area (TPSA) is 72.2 Å². The zero-order chi connectivity index (χ0) is 21.9. The number of benzene rings is 1. The van der Waals surface area contributed by atoms with E-state index in [9.17, 15) is 9.59 Å². The van der Waals surface area contributed by atoms with Crippen LogP contribution in [0.15, 0.2) is 48.1 Å². The quantitative estimate of drug-likeness (QED) is 0.704. The summed E-state index contributed by atoms with van der Waals surface area (Å²) in [5, 5.41) is 9.02. The van der Waals surface area contributed by atoms with Crippen molar-refractivity contribution < 1.29 is 9.59 Å². The second-order valence-electron chi connectivity index (χ2n) is 8.97. The van der Waals surface area contributed by atoms with Crippen LogP contribution in [0.5, 0.6) is 0 Å². The Morgan fingerprint density at radius 1 is 1.29 bits per heavy atom. The first kappa shape index (κ1) is 19.6. The third-order valence-electron chi connectivity index (χ3n) is 6.32. The molecular formula is C24H27N5O2. The van der Waals surface area contributed by atoms with Gasteiger partial charge in [-0.3, -0.25) is 19.2 Å². The molecular weight excluding hydrogens is 390 g/mol. The van der Waals surface area contributed by atoms with Crippen molar-refractivity contribution in [1.82, 2.24) is 19.2 Å². The summed E-state index contributed by atoms with van der Waals surface area (Å²) in [6.07, 6.45) is 7.05. The molecule has 7 heteroatoms. The Bertz CT molecular complexity index is 1250. The molecule has 2 aliphatic heterocycles. The number of hydrogen-bond donors (Lipinski definition) is 1. The number of nitrogens with zero attached hydrogens (tertiary/aromatic N) is 4. The Hall–Kier alpha value is -3.35. The lowest BCUT2D eigenvalue weighted by Crippen LogP contribution is -2.33. The number of anilines is 1. The van der Waals surface area contributed by atoms with Crippen LogP contribution in [0.1, 0.15) is 44.2 Å². The van der Waals surface area contributed by atoms with E-state index in [-0.39, 0.29) is 24.3 Å². The van der Waals surface area contributed by atoms with Gasteiger partial charge in [0.05, 0.1) is 23.8 Å². The van der Waals surface area contributed by atoms with Crippen LogP contribution >= 0.6 is 0 Å². The number of hydrogen-bond acceptors (Lipinski definition) is 4. The maximum atomic E-state index is 13.4. The van der Waals surface area contributed by atoms with Crippen molar-refractivity contribution >= 4 is 28.4 Å². The van der Waals surface area contributed by atoms with E-state index in [4.69, 9.17) is 0 Å². The van der Waals surface area contributed by atoms with Crippen LogP contribution in [-0.2, 0) is 23.2 Å². The monoisotopic (exact) mass is 417 g/mol. The molecule has 1 aromatic carbocycles. The molecule has 0 saturated heterocycles. The normalized spacial score (nSPS) is 18.0. The Morgan fingerprint density at radius 3 is 2.77 bits per heavy atom. The van der Waals surface area contributed by atoms with Gasteiger partial charge in [0.15, 0.2) is 0 Å². The van der Waals surface area contributed by atoms with Crippen molar-refractivity contribution in [2.24, 2.45) is 13.0 Å². The lowest BCUT2D eigenvalue weighted by Gasteiger charge is -2.18. The lowest BCUT2D eigenvalue weighted by atomic mass is 9.86. The molecule has 0 fully saturated rings. The van der Waals surface area contributed by atoms with Crippen molar-refractivity contribution in [3.63, 3.8) is 0 Å². The van der Waals surface area contributed by atoms with Crippen LogP contribution in [0, 0.1) is 5.92 Å². The van der Waals surface area contributed by atoms with Gasteiger partial charge in [0.25, 0.3) is 5.91 Å². The second kappa shape index (κ2) is 7.11. The molecule has 0 radical (unpaired) electrons. The summed E-state index contributed by atoms with van der Waals surface area (Å²) in [4.78, 5) is 26.9. The van der Waals surface area contributed by atoms with Crippen LogP contribution in [0.3, 0.4) is 0 Å². The number of aromatic nitrogens is 3. The molecule has 0 saturated carbocycles. The van der Waals surface area contributed by atoms with Crippen molar-refractivity contribution in [1.29, 1.82) is 0 Å². The van der Waals surface area contributed by atoms with Crippen LogP contribution in [0.4, 0.5) is 5.69 Å². The van der Waals surface area contributed by atoms with Crippen LogP contribution < -0.4 is 5.32 Å². The molecule has 7 nitrogen and oxygen atoms in total. The Morgan fingerprint density at radius 2 is 2.10 bits per heavy atom. The number of nitrogens with one attached hydrogen (secondary N) is 1. The molecule has 160 valence electrons. The third-order valence-corrected chi connectivity index (χ3v) is 6.32. The average Bonchev–Trinajstić information content (AvgIpc) is 3.36. The number of rotatable bonds is 4. The Labute approximate surface area is 181 Å². The molecule has 4 heterocycles. The fourth-order valence-electron chi connectivity index (χ4n) is 4.79. The summed E-state index contributed by atoms with van der Waals surface area (Å²) in [6, 6.07) is 6.24. The first-order valence-corrected chi connectivity index (χ1v) is 10.8. The van der Waals surface area contributed by atoms with Crippen molar-refractivity contribution in [3.8, 4) is 0 Å². The van der Waals surface area contributed by atoms with Crippen LogP contribution in [-0.4, -0.2) is 37.6 Å². The van der Waals surface area contributed by atoms with E-state index in [1.54, 1.807) is 4.68 Å². The predicted octanol–water partition coefficient (Wildman–Crippen LogP) is 3.62. The van der Waals surface area contributed by atoms with Gasteiger partial charge < -0.3 is 9.88 Å². The summed E-state index contributed by atoms with van der Waals surface area (Å²) in [5.41, 5.74) is 5.61. The number of aryl methyl sites for hydroxylation is 2. The standard InChI is InChI=1S/C24H27N5O2/c1-14(2)8-9-28-12-17-21(16-10-25-27(4)11-16)23-19(13-29(15(3)30)24(23)31)26-18-6-5-7-20(28)22(17)18/h5-7,10-12,14,21,26H,8-9,13H2,1-4H3. The molecule has 31 heavy (non-hydrogen) atoms. The highest BCUT2D eigenvalue weighted by Crippen LogP contribution is 2.46. The number of carbonyl (C=O) groups excluding carboxylic acids is 2. The summed E-state index contributed by atoms with van der Waals surface area (Å²) in [5.74, 6) is -0.143. The molecule has 0 bridgehead atoms. The number of amides is 2. The molecule has 3 aromatic rings. The minimum absolute atomic E-state index is 0.222. The molecule has 2 aliphatic rings. The number of imide groups is 1. The van der Waals surface area contributed by atoms with Gasteiger partial charge >= 0.3 is 0 Å². The van der Waals surface area contributed by atoms with Crippen LogP contribution in [0.25, 0.3) is 10.9 Å². The zero-order valence-electron chi connectivity index (χ0n) is 18.3. The van der Waals surface area contributed by atoms with Crippen molar-refractivity contribution in [3.05, 3.63) is 59.2 Å². The van der Waals surface area contributed by atoms with Crippen LogP contribution in [0.2, 0.25) is 0 Å². The molecule has 1 unspecified atom stereocenters. The summed E-state index contributed by atoms with van der Waals surface area (Å²) >= 11 is 0. The second-order valence-corrected chi connectivity index (χ2v) is 8.97. The fraction of sp³-hybridized carbons (Fsp3) is 0.375. The van der Waals surface area contributed by atoms with Crippen molar-refractivity contribution in [2.75, 3.05) is 11.9 Å². The van der Waals surface area contributed by atoms with Crippen molar-refractivity contribution in [2.45, 2.75) is 39.7 Å². The van der Waals surface area contributed by atoms with E-state index >= 15 is 0 Å². The molecule has 0 aliphatic carbocycles. The van der Waals surface area contributed by atoms with Gasteiger partial charge in [0, 0.05) is 61.2 Å². The van der Waals surface area contributed by atoms with E-state index in [0.717, 1.165) is 46.4 Å².